The third-order valence-corrected chi connectivity index (χ3v) is 9.54. The summed E-state index contributed by atoms with van der Waals surface area (Å²) in [6.45, 7) is 5.61. The van der Waals surface area contributed by atoms with Gasteiger partial charge in [-0.05, 0) is 37.8 Å². The molecule has 49 heavy (non-hydrogen) atoms. The summed E-state index contributed by atoms with van der Waals surface area (Å²) < 4.78 is 0.596. The Morgan fingerprint density at radius 1 is 0.612 bits per heavy atom. The number of hydrogen-bond acceptors (Lipinski definition) is 4. The maximum atomic E-state index is 13.3. The Hall–Kier alpha value is -3.48. The summed E-state index contributed by atoms with van der Waals surface area (Å²) in [6, 6.07) is 38.0. The van der Waals surface area contributed by atoms with E-state index in [1.54, 1.807) is 6.07 Å². The minimum absolute atomic E-state index is 0. The van der Waals surface area contributed by atoms with Gasteiger partial charge in [0.1, 0.15) is 19.6 Å². The molecule has 0 aromatic heterocycles. The third-order valence-electron chi connectivity index (χ3n) is 9.54. The fourth-order valence-electron chi connectivity index (χ4n) is 6.81. The molecule has 1 atom stereocenters. The molecule has 0 aliphatic rings. The van der Waals surface area contributed by atoms with Crippen LogP contribution in [0.3, 0.4) is 0 Å². The van der Waals surface area contributed by atoms with Crippen molar-refractivity contribution in [2.75, 3.05) is 39.3 Å². The Labute approximate surface area is 301 Å². The lowest BCUT2D eigenvalue weighted by Gasteiger charge is -2.38. The Bertz CT molecular complexity index is 1440. The molecule has 4 aromatic carbocycles. The average Bonchev–Trinajstić information content (AvgIpc) is 3.11. The van der Waals surface area contributed by atoms with Crippen LogP contribution in [0, 0.1) is 0 Å². The van der Waals surface area contributed by atoms with Gasteiger partial charge in [0.25, 0.3) is 0 Å². The molecule has 6 heteroatoms. The number of aliphatic hydroxyl groups is 1. The smallest absolute Gasteiger partial charge is 0.216 e. The number of para-hydroxylation sites is 1. The van der Waals surface area contributed by atoms with Crippen LogP contribution >= 0.6 is 12.4 Å². The van der Waals surface area contributed by atoms with E-state index in [9.17, 15) is 15.0 Å². The Morgan fingerprint density at radius 3 is 1.76 bits per heavy atom. The summed E-state index contributed by atoms with van der Waals surface area (Å²) in [4.78, 5) is 15.8. The third kappa shape index (κ3) is 14.9. The summed E-state index contributed by atoms with van der Waals surface area (Å²) in [5, 5.41) is 22.3. The highest BCUT2D eigenvalue weighted by molar-refractivity contribution is 5.96. The Morgan fingerprint density at radius 2 is 1.14 bits per heavy atom. The van der Waals surface area contributed by atoms with E-state index in [2.05, 4.69) is 59.5 Å². The second-order valence-corrected chi connectivity index (χ2v) is 13.4. The first-order chi connectivity index (χ1) is 23.6. The summed E-state index contributed by atoms with van der Waals surface area (Å²) in [7, 11) is 0. The van der Waals surface area contributed by atoms with E-state index in [1.807, 2.05) is 54.6 Å². The van der Waals surface area contributed by atoms with E-state index in [4.69, 9.17) is 0 Å². The standard InChI is InChI=1S/C43H56N2O3.ClH/c46-34-33-45(36-39-23-13-9-14-24-39,37-43(48)40-25-15-10-16-26-40)32-20-7-5-3-1-2-4-6-19-30-44(35-38-21-11-8-12-22-38)31-29-41-27-17-18-28-42(41)47;/h8-18,21-28,46H,1-7,19-20,29-37H2;1H. The van der Waals surface area contributed by atoms with Crippen molar-refractivity contribution in [3.63, 3.8) is 0 Å². The van der Waals surface area contributed by atoms with Gasteiger partial charge >= 0.3 is 0 Å². The van der Waals surface area contributed by atoms with E-state index < -0.39 is 0 Å². The van der Waals surface area contributed by atoms with Crippen LogP contribution in [-0.4, -0.2) is 59.6 Å². The SMILES string of the molecule is Cl.O=C(C[N+](CCO)(CCCCCCCCCCCN(CCc1ccccc1[O-])Cc1ccccc1)Cc1ccccc1)c1ccccc1. The van der Waals surface area contributed by atoms with E-state index in [-0.39, 0.29) is 30.5 Å². The van der Waals surface area contributed by atoms with Crippen LogP contribution in [0.1, 0.15) is 84.8 Å². The average molecular weight is 685 g/mol. The van der Waals surface area contributed by atoms with Gasteiger partial charge in [-0.2, -0.15) is 0 Å². The van der Waals surface area contributed by atoms with Crippen LogP contribution in [0.5, 0.6) is 5.75 Å². The molecular weight excluding hydrogens is 628 g/mol. The van der Waals surface area contributed by atoms with Gasteiger partial charge in [0.05, 0.1) is 13.2 Å². The predicted molar refractivity (Wildman–Crippen MR) is 203 cm³/mol. The summed E-state index contributed by atoms with van der Waals surface area (Å²) in [5.74, 6) is 0.294. The molecule has 1 N–H and O–H groups in total. The topological polar surface area (TPSA) is 63.6 Å². The molecule has 0 spiro atoms. The molecule has 1 unspecified atom stereocenters. The van der Waals surface area contributed by atoms with Crippen molar-refractivity contribution < 1.29 is 19.5 Å². The number of benzene rings is 4. The fourth-order valence-corrected chi connectivity index (χ4v) is 6.81. The van der Waals surface area contributed by atoms with Gasteiger partial charge in [-0.25, -0.2) is 0 Å². The van der Waals surface area contributed by atoms with E-state index in [1.165, 1.54) is 56.1 Å². The van der Waals surface area contributed by atoms with Crippen molar-refractivity contribution in [1.82, 2.24) is 4.90 Å². The van der Waals surface area contributed by atoms with Crippen molar-refractivity contribution in [1.29, 1.82) is 0 Å². The zero-order valence-corrected chi connectivity index (χ0v) is 30.1. The number of aliphatic hydroxyl groups excluding tert-OH is 1. The lowest BCUT2D eigenvalue weighted by molar-refractivity contribution is -0.933. The van der Waals surface area contributed by atoms with Crippen molar-refractivity contribution in [3.05, 3.63) is 138 Å². The van der Waals surface area contributed by atoms with E-state index in [0.29, 0.717) is 17.6 Å². The minimum Gasteiger partial charge on any atom is -0.872 e. The second kappa shape index (κ2) is 23.0. The van der Waals surface area contributed by atoms with Crippen LogP contribution in [0.15, 0.2) is 115 Å². The van der Waals surface area contributed by atoms with Crippen molar-refractivity contribution >= 4 is 18.2 Å². The minimum atomic E-state index is 0. The number of halogens is 1. The maximum Gasteiger partial charge on any atom is 0.216 e. The second-order valence-electron chi connectivity index (χ2n) is 13.4. The molecule has 0 heterocycles. The molecule has 5 nitrogen and oxygen atoms in total. The van der Waals surface area contributed by atoms with Crippen LogP contribution < -0.4 is 5.11 Å². The van der Waals surface area contributed by atoms with Gasteiger partial charge in [-0.15, -0.1) is 18.2 Å². The van der Waals surface area contributed by atoms with Crippen molar-refractivity contribution in [2.45, 2.75) is 77.3 Å². The monoisotopic (exact) mass is 684 g/mol. The molecule has 264 valence electrons. The van der Waals surface area contributed by atoms with Gasteiger partial charge in [0, 0.05) is 24.2 Å². The lowest BCUT2D eigenvalue weighted by atomic mass is 10.0. The molecule has 0 aliphatic carbocycles. The summed E-state index contributed by atoms with van der Waals surface area (Å²) >= 11 is 0. The zero-order valence-electron chi connectivity index (χ0n) is 29.3. The normalized spacial score (nSPS) is 12.4. The quantitative estimate of drug-likeness (QED) is 0.0456. The highest BCUT2D eigenvalue weighted by Gasteiger charge is 2.30. The first-order valence-corrected chi connectivity index (χ1v) is 18.2. The molecular formula is C43H57ClN2O3. The molecule has 0 saturated carbocycles. The molecule has 4 rings (SSSR count). The number of ketones is 1. The van der Waals surface area contributed by atoms with Gasteiger partial charge in [0.15, 0.2) is 0 Å². The highest BCUT2D eigenvalue weighted by Crippen LogP contribution is 2.20. The number of carbonyl (C=O) groups is 1. The zero-order chi connectivity index (χ0) is 33.7. The number of unbranched alkanes of at least 4 members (excludes halogenated alkanes) is 8. The number of Topliss-reactive ketones (excluding diaryl/α,β-unsaturated/α-hetero) is 1. The number of rotatable bonds is 24. The van der Waals surface area contributed by atoms with Crippen LogP contribution in [0.2, 0.25) is 0 Å². The summed E-state index contributed by atoms with van der Waals surface area (Å²) in [5.41, 5.74) is 4.19. The number of quaternary nitrogens is 1. The van der Waals surface area contributed by atoms with Crippen molar-refractivity contribution in [3.8, 4) is 5.75 Å². The number of nitrogens with zero attached hydrogens (tertiary/aromatic N) is 2. The Kier molecular flexibility index (Phi) is 18.8. The van der Waals surface area contributed by atoms with Gasteiger partial charge in [-0.1, -0.05) is 159 Å². The van der Waals surface area contributed by atoms with Gasteiger partial charge < -0.3 is 14.7 Å². The molecule has 0 amide bonds. The predicted octanol–water partition coefficient (Wildman–Crippen LogP) is 8.63. The van der Waals surface area contributed by atoms with Crippen LogP contribution in [0.4, 0.5) is 0 Å². The molecule has 0 bridgehead atoms. The fraction of sp³-hybridized carbons (Fsp3) is 0.419. The molecule has 0 radical (unpaired) electrons. The first-order valence-electron chi connectivity index (χ1n) is 18.2. The molecule has 0 fully saturated rings. The largest absolute Gasteiger partial charge is 0.872 e. The van der Waals surface area contributed by atoms with E-state index in [0.717, 1.165) is 63.1 Å². The number of carbonyl (C=O) groups excluding carboxylic acids is 1. The summed E-state index contributed by atoms with van der Waals surface area (Å²) in [6.07, 6.45) is 11.7. The van der Waals surface area contributed by atoms with Crippen LogP contribution in [-0.2, 0) is 19.5 Å². The maximum absolute atomic E-state index is 13.3. The molecule has 0 saturated heterocycles. The lowest BCUT2D eigenvalue weighted by Crippen LogP contribution is -2.52. The highest BCUT2D eigenvalue weighted by atomic mass is 35.5. The van der Waals surface area contributed by atoms with E-state index >= 15 is 0 Å². The van der Waals surface area contributed by atoms with Crippen molar-refractivity contribution in [2.24, 2.45) is 0 Å². The first kappa shape index (κ1) is 40.0. The number of hydrogen-bond donors (Lipinski definition) is 1. The van der Waals surface area contributed by atoms with Gasteiger partial charge in [0.2, 0.25) is 5.78 Å². The molecule has 4 aromatic rings. The van der Waals surface area contributed by atoms with Gasteiger partial charge in [-0.3, -0.25) is 9.69 Å². The van der Waals surface area contributed by atoms with Crippen LogP contribution in [0.25, 0.3) is 0 Å². The Balaban J connectivity index is 0.00000650. The molecule has 0 aliphatic heterocycles.